The molecule has 0 heterocycles. The number of hydrogen-bond donors (Lipinski definition) is 3. The number of carbonyl (C=O) groups is 2. The number of Topliss-reactive ketones (excluding diaryl/α,β-unsaturated/α-hetero) is 2. The highest BCUT2D eigenvalue weighted by atomic mass is 16.4. The van der Waals surface area contributed by atoms with Gasteiger partial charge in [-0.05, 0) is 50.9 Å². The normalized spacial score (nSPS) is 26.2. The van der Waals surface area contributed by atoms with E-state index in [1.165, 1.54) is 0 Å². The van der Waals surface area contributed by atoms with E-state index in [9.17, 15) is 19.8 Å². The fourth-order valence-corrected chi connectivity index (χ4v) is 4.17. The van der Waals surface area contributed by atoms with Crippen molar-refractivity contribution in [3.8, 4) is 0 Å². The largest absolute Gasteiger partial charge is 0.389 e. The van der Waals surface area contributed by atoms with Crippen LogP contribution in [0, 0.1) is 11.8 Å². The summed E-state index contributed by atoms with van der Waals surface area (Å²) in [5.41, 5.74) is -2.00. The number of unbranched alkanes of at least 4 members (excludes halogenated alkanes) is 1. The minimum atomic E-state index is -1.06. The number of aliphatic hydroxyl groups is 3. The van der Waals surface area contributed by atoms with E-state index in [2.05, 4.69) is 13.0 Å². The lowest BCUT2D eigenvalue weighted by Crippen LogP contribution is -2.44. The Hall–Kier alpha value is -1.30. The zero-order valence-electron chi connectivity index (χ0n) is 17.1. The molecule has 158 valence electrons. The molecule has 3 N–H and O–H groups in total. The number of hydrogen-bond acceptors (Lipinski definition) is 5. The molecular weight excluding hydrogens is 356 g/mol. The summed E-state index contributed by atoms with van der Waals surface area (Å²) in [5.74, 6) is 0.220. The third kappa shape index (κ3) is 6.10. The van der Waals surface area contributed by atoms with Crippen LogP contribution in [0.4, 0.5) is 0 Å². The van der Waals surface area contributed by atoms with Crippen LogP contribution >= 0.6 is 0 Å². The number of ketones is 2. The monoisotopic (exact) mass is 392 g/mol. The SMILES string of the molecule is CCCCC(O)(CC=C[C@H]1CCC(=O)[C@@H]1CC=CCCC(=O)CO)C1(O)CC1. The molecular formula is C23H36O5. The van der Waals surface area contributed by atoms with Crippen molar-refractivity contribution in [2.24, 2.45) is 11.8 Å². The third-order valence-corrected chi connectivity index (χ3v) is 6.35. The standard InChI is InChI=1S/C23H36O5/c1-2-3-13-22(27,23(28)15-16-23)14-7-8-18-11-12-21(26)20(18)10-6-4-5-9-19(25)17-24/h4,6-8,18,20,24,27-28H,2-3,5,9-17H2,1H3/t18-,20+,22?/m0/s1. The first kappa shape index (κ1) is 23.0. The zero-order chi connectivity index (χ0) is 20.6. The molecule has 5 nitrogen and oxygen atoms in total. The molecule has 2 aliphatic carbocycles. The lowest BCUT2D eigenvalue weighted by molar-refractivity contribution is -0.122. The second-order valence-electron chi connectivity index (χ2n) is 8.52. The van der Waals surface area contributed by atoms with Crippen molar-refractivity contribution in [1.29, 1.82) is 0 Å². The van der Waals surface area contributed by atoms with Gasteiger partial charge in [-0.1, -0.05) is 44.1 Å². The first-order valence-corrected chi connectivity index (χ1v) is 10.8. The maximum atomic E-state index is 12.2. The van der Waals surface area contributed by atoms with Gasteiger partial charge in [0.15, 0.2) is 5.78 Å². The molecule has 0 radical (unpaired) electrons. The first-order valence-electron chi connectivity index (χ1n) is 10.8. The van der Waals surface area contributed by atoms with Crippen LogP contribution in [0.15, 0.2) is 24.3 Å². The van der Waals surface area contributed by atoms with Crippen molar-refractivity contribution in [2.75, 3.05) is 6.61 Å². The molecule has 3 atom stereocenters. The Labute approximate surface area is 168 Å². The van der Waals surface area contributed by atoms with E-state index in [-0.39, 0.29) is 23.4 Å². The molecule has 2 rings (SSSR count). The van der Waals surface area contributed by atoms with Gasteiger partial charge in [0.05, 0.1) is 11.2 Å². The molecule has 0 saturated heterocycles. The summed E-state index contributed by atoms with van der Waals surface area (Å²) < 4.78 is 0. The van der Waals surface area contributed by atoms with E-state index in [1.807, 2.05) is 18.2 Å². The maximum Gasteiger partial charge on any atom is 0.158 e. The summed E-state index contributed by atoms with van der Waals surface area (Å²) in [5, 5.41) is 30.2. The van der Waals surface area contributed by atoms with Crippen LogP contribution in [0.2, 0.25) is 0 Å². The molecule has 0 aromatic rings. The number of carbonyl (C=O) groups excluding carboxylic acids is 2. The minimum Gasteiger partial charge on any atom is -0.389 e. The summed E-state index contributed by atoms with van der Waals surface area (Å²) in [6.07, 6.45) is 15.1. The Morgan fingerprint density at radius 2 is 2.04 bits per heavy atom. The van der Waals surface area contributed by atoms with Gasteiger partial charge in [-0.2, -0.15) is 0 Å². The number of rotatable bonds is 13. The Bertz CT molecular complexity index is 590. The van der Waals surface area contributed by atoms with E-state index in [1.54, 1.807) is 0 Å². The smallest absolute Gasteiger partial charge is 0.158 e. The molecule has 2 saturated carbocycles. The predicted molar refractivity (Wildman–Crippen MR) is 109 cm³/mol. The molecule has 0 aromatic heterocycles. The highest BCUT2D eigenvalue weighted by molar-refractivity contribution is 5.84. The van der Waals surface area contributed by atoms with Crippen LogP contribution in [0.25, 0.3) is 0 Å². The molecule has 28 heavy (non-hydrogen) atoms. The molecule has 2 aliphatic rings. The molecule has 2 fully saturated rings. The predicted octanol–water partition coefficient (Wildman–Crippen LogP) is 3.26. The van der Waals surface area contributed by atoms with Crippen molar-refractivity contribution in [3.63, 3.8) is 0 Å². The Kier molecular flexibility index (Phi) is 8.59. The fourth-order valence-electron chi connectivity index (χ4n) is 4.17. The van der Waals surface area contributed by atoms with Crippen LogP contribution in [-0.4, -0.2) is 44.7 Å². The first-order chi connectivity index (χ1) is 13.3. The van der Waals surface area contributed by atoms with Gasteiger partial charge in [0.1, 0.15) is 12.4 Å². The lowest BCUT2D eigenvalue weighted by atomic mass is 9.84. The number of aliphatic hydroxyl groups excluding tert-OH is 1. The summed E-state index contributed by atoms with van der Waals surface area (Å²) in [4.78, 5) is 23.3. The molecule has 0 spiro atoms. The molecule has 5 heteroatoms. The maximum absolute atomic E-state index is 12.2. The quantitative estimate of drug-likeness (QED) is 0.418. The van der Waals surface area contributed by atoms with E-state index in [4.69, 9.17) is 5.11 Å². The second kappa shape index (κ2) is 10.5. The molecule has 0 bridgehead atoms. The molecule has 0 amide bonds. The Morgan fingerprint density at radius 3 is 2.68 bits per heavy atom. The third-order valence-electron chi connectivity index (χ3n) is 6.35. The van der Waals surface area contributed by atoms with Gasteiger partial charge >= 0.3 is 0 Å². The molecule has 0 aromatic carbocycles. The molecule has 1 unspecified atom stereocenters. The van der Waals surface area contributed by atoms with Gasteiger partial charge in [0.25, 0.3) is 0 Å². The summed E-state index contributed by atoms with van der Waals surface area (Å²) in [7, 11) is 0. The average Bonchev–Trinajstić information content (AvgIpc) is 3.35. The van der Waals surface area contributed by atoms with E-state index >= 15 is 0 Å². The number of allylic oxidation sites excluding steroid dienone is 3. The van der Waals surface area contributed by atoms with Crippen molar-refractivity contribution in [3.05, 3.63) is 24.3 Å². The summed E-state index contributed by atoms with van der Waals surface area (Å²) >= 11 is 0. The van der Waals surface area contributed by atoms with Crippen molar-refractivity contribution in [1.82, 2.24) is 0 Å². The van der Waals surface area contributed by atoms with Crippen LogP contribution in [0.5, 0.6) is 0 Å². The Balaban J connectivity index is 1.87. The van der Waals surface area contributed by atoms with Crippen molar-refractivity contribution >= 4 is 11.6 Å². The highest BCUT2D eigenvalue weighted by Crippen LogP contribution is 2.49. The topological polar surface area (TPSA) is 94.8 Å². The van der Waals surface area contributed by atoms with Gasteiger partial charge in [0.2, 0.25) is 0 Å². The van der Waals surface area contributed by atoms with E-state index < -0.39 is 17.8 Å². The highest BCUT2D eigenvalue weighted by Gasteiger charge is 2.56. The molecule has 0 aliphatic heterocycles. The van der Waals surface area contributed by atoms with Gasteiger partial charge in [-0.3, -0.25) is 9.59 Å². The van der Waals surface area contributed by atoms with Crippen LogP contribution in [0.1, 0.15) is 77.6 Å². The fraction of sp³-hybridized carbons (Fsp3) is 0.739. The summed E-state index contributed by atoms with van der Waals surface area (Å²) in [6, 6.07) is 0. The lowest BCUT2D eigenvalue weighted by Gasteiger charge is -2.32. The average molecular weight is 393 g/mol. The van der Waals surface area contributed by atoms with Crippen LogP contribution in [0.3, 0.4) is 0 Å². The minimum absolute atomic E-state index is 0.0474. The van der Waals surface area contributed by atoms with Gasteiger partial charge in [0, 0.05) is 18.8 Å². The van der Waals surface area contributed by atoms with Crippen LogP contribution in [-0.2, 0) is 9.59 Å². The van der Waals surface area contributed by atoms with Gasteiger partial charge in [-0.15, -0.1) is 0 Å². The zero-order valence-corrected chi connectivity index (χ0v) is 17.1. The van der Waals surface area contributed by atoms with E-state index in [0.717, 1.165) is 19.3 Å². The van der Waals surface area contributed by atoms with Crippen LogP contribution < -0.4 is 0 Å². The summed E-state index contributed by atoms with van der Waals surface area (Å²) in [6.45, 7) is 1.66. The van der Waals surface area contributed by atoms with E-state index in [0.29, 0.717) is 51.4 Å². The van der Waals surface area contributed by atoms with Gasteiger partial charge < -0.3 is 15.3 Å². The van der Waals surface area contributed by atoms with Gasteiger partial charge in [-0.25, -0.2) is 0 Å². The Morgan fingerprint density at radius 1 is 1.29 bits per heavy atom. The van der Waals surface area contributed by atoms with Crippen molar-refractivity contribution < 1.29 is 24.9 Å². The second-order valence-corrected chi connectivity index (χ2v) is 8.52. The van der Waals surface area contributed by atoms with Crippen molar-refractivity contribution in [2.45, 2.75) is 88.8 Å².